The molecule has 0 aliphatic heterocycles. The van der Waals surface area contributed by atoms with Crippen LogP contribution in [0.1, 0.15) is 15.9 Å². The van der Waals surface area contributed by atoms with Gasteiger partial charge in [0.25, 0.3) is 5.91 Å². The number of carbonyl (C=O) groups is 1. The first-order valence-corrected chi connectivity index (χ1v) is 7.73. The van der Waals surface area contributed by atoms with E-state index in [4.69, 9.17) is 18.0 Å². The number of halogens is 3. The Morgan fingerprint density at radius 1 is 1.14 bits per heavy atom. The molecule has 2 aromatic rings. The van der Waals surface area contributed by atoms with Gasteiger partial charge in [0, 0.05) is 20.2 Å². The zero-order valence-electron chi connectivity index (χ0n) is 10.5. The molecule has 1 amide bonds. The van der Waals surface area contributed by atoms with Gasteiger partial charge in [0.05, 0.1) is 5.56 Å². The minimum absolute atomic E-state index is 0.0616. The Morgan fingerprint density at radius 3 is 2.48 bits per heavy atom. The van der Waals surface area contributed by atoms with Crippen molar-refractivity contribution in [1.29, 1.82) is 0 Å². The summed E-state index contributed by atoms with van der Waals surface area (Å²) in [4.78, 5) is 12.1. The van der Waals surface area contributed by atoms with Gasteiger partial charge in [-0.3, -0.25) is 4.79 Å². The molecule has 21 heavy (non-hydrogen) atoms. The molecule has 0 aromatic heterocycles. The summed E-state index contributed by atoms with van der Waals surface area (Å²) in [6.07, 6.45) is 0. The van der Waals surface area contributed by atoms with Crippen molar-refractivity contribution in [2.75, 3.05) is 5.32 Å². The van der Waals surface area contributed by atoms with Gasteiger partial charge in [-0.2, -0.15) is 0 Å². The Labute approximate surface area is 143 Å². The normalized spacial score (nSPS) is 10.2. The van der Waals surface area contributed by atoms with E-state index in [1.165, 1.54) is 18.2 Å². The van der Waals surface area contributed by atoms with Crippen LogP contribution in [0.25, 0.3) is 0 Å². The van der Waals surface area contributed by atoms with E-state index in [9.17, 15) is 9.18 Å². The van der Waals surface area contributed by atoms with E-state index in [1.807, 2.05) is 0 Å². The van der Waals surface area contributed by atoms with Crippen LogP contribution < -0.4 is 11.1 Å². The van der Waals surface area contributed by atoms with Crippen LogP contribution in [0.4, 0.5) is 10.1 Å². The Bertz CT molecular complexity index is 737. The predicted octanol–water partition coefficient (Wildman–Crippen LogP) is 4.24. The summed E-state index contributed by atoms with van der Waals surface area (Å²) in [6.45, 7) is 0. The third-order valence-corrected chi connectivity index (χ3v) is 4.03. The van der Waals surface area contributed by atoms with Gasteiger partial charge >= 0.3 is 0 Å². The maximum Gasteiger partial charge on any atom is 0.256 e. The molecule has 0 aliphatic rings. The number of hydrogen-bond acceptors (Lipinski definition) is 2. The lowest BCUT2D eigenvalue weighted by Crippen LogP contribution is -2.15. The minimum Gasteiger partial charge on any atom is -0.389 e. The van der Waals surface area contributed by atoms with Crippen LogP contribution in [0.15, 0.2) is 45.3 Å². The van der Waals surface area contributed by atoms with E-state index in [-0.39, 0.29) is 16.5 Å². The number of benzene rings is 2. The SMILES string of the molecule is NC(=S)c1cc(NC(=O)c2ccc(Br)cc2Br)ccc1F. The molecule has 108 valence electrons. The van der Waals surface area contributed by atoms with Crippen molar-refractivity contribution < 1.29 is 9.18 Å². The molecule has 3 nitrogen and oxygen atoms in total. The molecule has 0 fully saturated rings. The van der Waals surface area contributed by atoms with Crippen molar-refractivity contribution in [2.24, 2.45) is 5.73 Å². The first-order valence-electron chi connectivity index (χ1n) is 5.74. The number of rotatable bonds is 3. The number of thiocarbonyl (C=S) groups is 1. The van der Waals surface area contributed by atoms with Gasteiger partial charge in [-0.05, 0) is 52.3 Å². The topological polar surface area (TPSA) is 55.1 Å². The summed E-state index contributed by atoms with van der Waals surface area (Å²) in [6, 6.07) is 9.25. The first kappa shape index (κ1) is 16.1. The van der Waals surface area contributed by atoms with Crippen molar-refractivity contribution in [3.05, 3.63) is 62.3 Å². The third kappa shape index (κ3) is 3.87. The number of amides is 1. The first-order chi connectivity index (χ1) is 9.88. The van der Waals surface area contributed by atoms with Crippen LogP contribution in [0.5, 0.6) is 0 Å². The third-order valence-electron chi connectivity index (χ3n) is 2.67. The highest BCUT2D eigenvalue weighted by atomic mass is 79.9. The second-order valence-corrected chi connectivity index (χ2v) is 6.35. The monoisotopic (exact) mass is 430 g/mol. The standard InChI is InChI=1S/C14H9Br2FN2OS/c15-7-1-3-9(11(16)5-7)14(20)19-8-2-4-12(17)10(6-8)13(18)21/h1-6H,(H2,18,21)(H,19,20). The van der Waals surface area contributed by atoms with Gasteiger partial charge in [0.15, 0.2) is 0 Å². The summed E-state index contributed by atoms with van der Waals surface area (Å²) in [5.41, 5.74) is 6.40. The largest absolute Gasteiger partial charge is 0.389 e. The highest BCUT2D eigenvalue weighted by Crippen LogP contribution is 2.23. The van der Waals surface area contributed by atoms with E-state index in [0.29, 0.717) is 15.7 Å². The van der Waals surface area contributed by atoms with E-state index in [1.54, 1.807) is 18.2 Å². The smallest absolute Gasteiger partial charge is 0.256 e. The maximum atomic E-state index is 13.5. The molecular weight excluding hydrogens is 423 g/mol. The van der Waals surface area contributed by atoms with Gasteiger partial charge < -0.3 is 11.1 Å². The average Bonchev–Trinajstić information content (AvgIpc) is 2.40. The lowest BCUT2D eigenvalue weighted by atomic mass is 10.1. The molecule has 0 saturated heterocycles. The Morgan fingerprint density at radius 2 is 1.86 bits per heavy atom. The number of carbonyl (C=O) groups excluding carboxylic acids is 1. The van der Waals surface area contributed by atoms with E-state index >= 15 is 0 Å². The van der Waals surface area contributed by atoms with Crippen LogP contribution in [0.3, 0.4) is 0 Å². The molecule has 0 radical (unpaired) electrons. The zero-order chi connectivity index (χ0) is 15.6. The van der Waals surface area contributed by atoms with Crippen LogP contribution in [-0.4, -0.2) is 10.9 Å². The summed E-state index contributed by atoms with van der Waals surface area (Å²) in [7, 11) is 0. The molecule has 2 aromatic carbocycles. The molecule has 7 heteroatoms. The fourth-order valence-corrected chi connectivity index (χ4v) is 3.05. The number of nitrogens with one attached hydrogen (secondary N) is 1. The highest BCUT2D eigenvalue weighted by molar-refractivity contribution is 9.11. The van der Waals surface area contributed by atoms with Crippen molar-refractivity contribution in [2.45, 2.75) is 0 Å². The van der Waals surface area contributed by atoms with Gasteiger partial charge in [-0.25, -0.2) is 4.39 Å². The summed E-state index contributed by atoms with van der Waals surface area (Å²) < 4.78 is 15.0. The molecule has 0 heterocycles. The van der Waals surface area contributed by atoms with Gasteiger partial charge in [-0.1, -0.05) is 28.1 Å². The average molecular weight is 432 g/mol. The van der Waals surface area contributed by atoms with Crippen LogP contribution in [0, 0.1) is 5.82 Å². The van der Waals surface area contributed by atoms with E-state index in [2.05, 4.69) is 37.2 Å². The Kier molecular flexibility index (Phi) is 5.08. The minimum atomic E-state index is -0.523. The molecule has 0 atom stereocenters. The van der Waals surface area contributed by atoms with E-state index in [0.717, 1.165) is 4.47 Å². The van der Waals surface area contributed by atoms with Crippen molar-refractivity contribution >= 4 is 60.7 Å². The molecular formula is C14H9Br2FN2OS. The maximum absolute atomic E-state index is 13.5. The second-order valence-electron chi connectivity index (χ2n) is 4.14. The van der Waals surface area contributed by atoms with Crippen LogP contribution in [0.2, 0.25) is 0 Å². The second kappa shape index (κ2) is 6.64. The Balaban J connectivity index is 2.27. The Hall–Kier alpha value is -1.31. The molecule has 2 rings (SSSR count). The number of nitrogens with two attached hydrogens (primary N) is 1. The lowest BCUT2D eigenvalue weighted by Gasteiger charge is -2.09. The van der Waals surface area contributed by atoms with Gasteiger partial charge in [0.1, 0.15) is 10.8 Å². The summed E-state index contributed by atoms with van der Waals surface area (Å²) in [5.74, 6) is -0.847. The quantitative estimate of drug-likeness (QED) is 0.714. The van der Waals surface area contributed by atoms with Crippen LogP contribution >= 0.6 is 44.1 Å². The molecule has 0 aliphatic carbocycles. The molecule has 0 bridgehead atoms. The molecule has 0 saturated carbocycles. The van der Waals surface area contributed by atoms with Crippen LogP contribution in [-0.2, 0) is 0 Å². The molecule has 0 spiro atoms. The predicted molar refractivity (Wildman–Crippen MR) is 92.1 cm³/mol. The van der Waals surface area contributed by atoms with E-state index < -0.39 is 5.82 Å². The fourth-order valence-electron chi connectivity index (χ4n) is 1.66. The molecule has 0 unspecified atom stereocenters. The zero-order valence-corrected chi connectivity index (χ0v) is 14.5. The van der Waals surface area contributed by atoms with Crippen molar-refractivity contribution in [1.82, 2.24) is 0 Å². The highest BCUT2D eigenvalue weighted by Gasteiger charge is 2.12. The van der Waals surface area contributed by atoms with Gasteiger partial charge in [-0.15, -0.1) is 0 Å². The summed E-state index contributed by atoms with van der Waals surface area (Å²) in [5, 5.41) is 2.67. The lowest BCUT2D eigenvalue weighted by molar-refractivity contribution is 0.102. The summed E-state index contributed by atoms with van der Waals surface area (Å²) >= 11 is 11.4. The van der Waals surface area contributed by atoms with Crippen molar-refractivity contribution in [3.63, 3.8) is 0 Å². The number of hydrogen-bond donors (Lipinski definition) is 2. The van der Waals surface area contributed by atoms with Crippen molar-refractivity contribution in [3.8, 4) is 0 Å². The van der Waals surface area contributed by atoms with Gasteiger partial charge in [0.2, 0.25) is 0 Å². The molecule has 3 N–H and O–H groups in total. The fraction of sp³-hybridized carbons (Fsp3) is 0. The number of anilines is 1.